The van der Waals surface area contributed by atoms with Gasteiger partial charge in [-0.2, -0.15) is 0 Å². The molecule has 0 fully saturated rings. The summed E-state index contributed by atoms with van der Waals surface area (Å²) in [6, 6.07) is 5.28. The van der Waals surface area contributed by atoms with Gasteiger partial charge in [0.1, 0.15) is 18.0 Å². The Labute approximate surface area is 143 Å². The maximum Gasteiger partial charge on any atom is 0.408 e. The van der Waals surface area contributed by atoms with Crippen LogP contribution in [0.1, 0.15) is 27.7 Å². The topological polar surface area (TPSA) is 117 Å². The third-order valence-electron chi connectivity index (χ3n) is 2.65. The third kappa shape index (κ3) is 7.93. The fourth-order valence-electron chi connectivity index (χ4n) is 1.56. The molecule has 0 aliphatic carbocycles. The lowest BCUT2D eigenvalue weighted by molar-refractivity contribution is -0.122. The maximum absolute atomic E-state index is 11.9. The molecule has 0 spiro atoms. The number of rotatable bonds is 7. The number of ether oxygens (including phenoxy) is 2. The van der Waals surface area contributed by atoms with Crippen molar-refractivity contribution in [3.05, 3.63) is 24.3 Å². The number of anilines is 1. The van der Waals surface area contributed by atoms with Crippen LogP contribution in [-0.2, 0) is 20.8 Å². The van der Waals surface area contributed by atoms with Crippen LogP contribution in [0.4, 0.5) is 10.5 Å². The highest BCUT2D eigenvalue weighted by Gasteiger charge is 2.21. The quantitative estimate of drug-likeness (QED) is 0.718. The molecule has 24 heavy (non-hydrogen) atoms. The standard InChI is InChI=1S/C15H22N2O6S/c1-10(16-14(19)23-15(2,3)4)13(18)9-22-12-7-5-11(6-8-12)17-24(20)21/h5-8,10,17H,9H2,1-4H3,(H,16,19)(H,20,21)/p-1/t10-/m1/s1. The Kier molecular flexibility index (Phi) is 7.18. The normalized spacial score (nSPS) is 13.5. The molecule has 2 N–H and O–H groups in total. The summed E-state index contributed by atoms with van der Waals surface area (Å²) in [5.74, 6) is 0.0683. The van der Waals surface area contributed by atoms with Gasteiger partial charge in [0.2, 0.25) is 0 Å². The molecule has 0 saturated heterocycles. The highest BCUT2D eigenvalue weighted by molar-refractivity contribution is 7.80. The van der Waals surface area contributed by atoms with Gasteiger partial charge in [-0.1, -0.05) is 0 Å². The van der Waals surface area contributed by atoms with Gasteiger partial charge in [0.15, 0.2) is 5.78 Å². The summed E-state index contributed by atoms with van der Waals surface area (Å²) >= 11 is -2.40. The van der Waals surface area contributed by atoms with E-state index >= 15 is 0 Å². The van der Waals surface area contributed by atoms with E-state index in [2.05, 4.69) is 10.0 Å². The van der Waals surface area contributed by atoms with E-state index in [0.717, 1.165) is 0 Å². The molecule has 1 amide bonds. The van der Waals surface area contributed by atoms with Crippen molar-refractivity contribution in [2.24, 2.45) is 0 Å². The number of carbonyl (C=O) groups is 2. The molecule has 0 bridgehead atoms. The van der Waals surface area contributed by atoms with Gasteiger partial charge in [0.25, 0.3) is 0 Å². The monoisotopic (exact) mass is 357 g/mol. The van der Waals surface area contributed by atoms with Gasteiger partial charge in [-0.15, -0.1) is 0 Å². The minimum absolute atomic E-state index is 0.239. The van der Waals surface area contributed by atoms with Crippen LogP contribution < -0.4 is 14.8 Å². The van der Waals surface area contributed by atoms with E-state index in [-0.39, 0.29) is 12.4 Å². The number of hydrogen-bond acceptors (Lipinski definition) is 6. The molecule has 0 radical (unpaired) electrons. The highest BCUT2D eigenvalue weighted by Crippen LogP contribution is 2.16. The Morgan fingerprint density at radius 3 is 2.33 bits per heavy atom. The van der Waals surface area contributed by atoms with Crippen molar-refractivity contribution in [3.63, 3.8) is 0 Å². The summed E-state index contributed by atoms with van der Waals surface area (Å²) in [5, 5.41) is 2.43. The predicted octanol–water partition coefficient (Wildman–Crippen LogP) is 1.75. The largest absolute Gasteiger partial charge is 0.755 e. The molecule has 1 rings (SSSR count). The third-order valence-corrected chi connectivity index (χ3v) is 3.06. The van der Waals surface area contributed by atoms with Gasteiger partial charge in [-0.25, -0.2) is 4.79 Å². The Hall–Kier alpha value is -2.13. The van der Waals surface area contributed by atoms with Crippen LogP contribution in [-0.4, -0.2) is 38.9 Å². The molecule has 8 nitrogen and oxygen atoms in total. The number of alkyl carbamates (subject to hydrolysis) is 1. The minimum atomic E-state index is -2.40. The molecule has 0 aliphatic rings. The Morgan fingerprint density at radius 1 is 1.25 bits per heavy atom. The van der Waals surface area contributed by atoms with Crippen LogP contribution in [0.15, 0.2) is 24.3 Å². The number of hydrogen-bond donors (Lipinski definition) is 2. The average molecular weight is 357 g/mol. The predicted molar refractivity (Wildman–Crippen MR) is 88.3 cm³/mol. The summed E-state index contributed by atoms with van der Waals surface area (Å²) in [4.78, 5) is 23.5. The highest BCUT2D eigenvalue weighted by atomic mass is 32.2. The van der Waals surface area contributed by atoms with Crippen LogP contribution in [0.5, 0.6) is 5.75 Å². The van der Waals surface area contributed by atoms with Crippen molar-refractivity contribution >= 4 is 28.8 Å². The molecule has 0 aliphatic heterocycles. The second-order valence-electron chi connectivity index (χ2n) is 5.98. The zero-order valence-corrected chi connectivity index (χ0v) is 14.8. The van der Waals surface area contributed by atoms with Crippen LogP contribution in [0.25, 0.3) is 0 Å². The van der Waals surface area contributed by atoms with Crippen LogP contribution in [0, 0.1) is 0 Å². The SMILES string of the molecule is C[C@@H](NC(=O)OC(C)(C)C)C(=O)COc1ccc(NS(=O)[O-])cc1. The minimum Gasteiger partial charge on any atom is -0.755 e. The zero-order valence-electron chi connectivity index (χ0n) is 14.0. The van der Waals surface area contributed by atoms with Crippen molar-refractivity contribution in [3.8, 4) is 5.75 Å². The van der Waals surface area contributed by atoms with Gasteiger partial charge < -0.3 is 24.1 Å². The van der Waals surface area contributed by atoms with Gasteiger partial charge >= 0.3 is 6.09 Å². The van der Waals surface area contributed by atoms with E-state index in [4.69, 9.17) is 9.47 Å². The van der Waals surface area contributed by atoms with Gasteiger partial charge in [-0.3, -0.25) is 9.00 Å². The number of carbonyl (C=O) groups excluding carboxylic acids is 2. The lowest BCUT2D eigenvalue weighted by atomic mass is 10.2. The molecule has 1 aromatic rings. The number of benzene rings is 1. The first-order chi connectivity index (χ1) is 11.1. The van der Waals surface area contributed by atoms with Crippen molar-refractivity contribution < 1.29 is 27.8 Å². The van der Waals surface area contributed by atoms with E-state index in [1.165, 1.54) is 31.2 Å². The number of Topliss-reactive ketones (excluding diaryl/α,β-unsaturated/α-hetero) is 1. The first kappa shape index (κ1) is 19.9. The zero-order chi connectivity index (χ0) is 18.3. The number of nitrogens with one attached hydrogen (secondary N) is 2. The average Bonchev–Trinajstić information content (AvgIpc) is 2.43. The van der Waals surface area contributed by atoms with Gasteiger partial charge in [0, 0.05) is 17.0 Å². The fraction of sp³-hybridized carbons (Fsp3) is 0.467. The second kappa shape index (κ2) is 8.65. The Bertz CT molecular complexity index is 597. The first-order valence-electron chi connectivity index (χ1n) is 7.18. The molecular weight excluding hydrogens is 336 g/mol. The smallest absolute Gasteiger partial charge is 0.408 e. The molecule has 134 valence electrons. The molecule has 0 aromatic heterocycles. The fourth-order valence-corrected chi connectivity index (χ4v) is 1.89. The molecule has 2 atom stereocenters. The number of amides is 1. The van der Waals surface area contributed by atoms with E-state index in [9.17, 15) is 18.4 Å². The Morgan fingerprint density at radius 2 is 1.83 bits per heavy atom. The van der Waals surface area contributed by atoms with Crippen molar-refractivity contribution in [2.75, 3.05) is 11.3 Å². The van der Waals surface area contributed by atoms with E-state index in [0.29, 0.717) is 11.4 Å². The molecule has 1 unspecified atom stereocenters. The van der Waals surface area contributed by atoms with Crippen molar-refractivity contribution in [1.29, 1.82) is 0 Å². The Balaban J connectivity index is 2.44. The first-order valence-corrected chi connectivity index (χ1v) is 8.25. The summed E-state index contributed by atoms with van der Waals surface area (Å²) in [6.07, 6.45) is -0.676. The lowest BCUT2D eigenvalue weighted by Crippen LogP contribution is -2.43. The summed E-state index contributed by atoms with van der Waals surface area (Å²) in [6.45, 7) is 6.47. The molecule has 1 aromatic carbocycles. The summed E-state index contributed by atoms with van der Waals surface area (Å²) < 4.78 is 33.5. The summed E-state index contributed by atoms with van der Waals surface area (Å²) in [5.41, 5.74) is -0.269. The van der Waals surface area contributed by atoms with Crippen LogP contribution in [0.3, 0.4) is 0 Å². The maximum atomic E-state index is 11.9. The van der Waals surface area contributed by atoms with E-state index < -0.39 is 29.0 Å². The number of ketones is 1. The van der Waals surface area contributed by atoms with Gasteiger partial charge in [0.05, 0.1) is 6.04 Å². The van der Waals surface area contributed by atoms with Crippen molar-refractivity contribution in [1.82, 2.24) is 5.32 Å². The molecule has 0 heterocycles. The van der Waals surface area contributed by atoms with E-state index in [1.54, 1.807) is 20.8 Å². The summed E-state index contributed by atoms with van der Waals surface area (Å²) in [7, 11) is 0. The van der Waals surface area contributed by atoms with Crippen LogP contribution in [0.2, 0.25) is 0 Å². The molecule has 9 heteroatoms. The second-order valence-corrected chi connectivity index (χ2v) is 6.66. The van der Waals surface area contributed by atoms with E-state index in [1.807, 2.05) is 0 Å². The van der Waals surface area contributed by atoms with Crippen LogP contribution >= 0.6 is 0 Å². The van der Waals surface area contributed by atoms with Crippen molar-refractivity contribution in [2.45, 2.75) is 39.3 Å². The van der Waals surface area contributed by atoms with Gasteiger partial charge in [-0.05, 0) is 52.0 Å². The lowest BCUT2D eigenvalue weighted by Gasteiger charge is -2.21. The molecular formula is C15H21N2O6S-. The molecule has 0 saturated carbocycles.